The number of hydrogen-bond donors (Lipinski definition) is 20. The maximum atomic E-state index is 12.8. The molecule has 0 saturated heterocycles. The zero-order valence-corrected chi connectivity index (χ0v) is 44.2. The predicted molar refractivity (Wildman–Crippen MR) is 281 cm³/mol. The average molecular weight is 1180 g/mol. The zero-order chi connectivity index (χ0) is 58.8. The van der Waals surface area contributed by atoms with Crippen molar-refractivity contribution in [1.29, 1.82) is 0 Å². The first-order valence-corrected chi connectivity index (χ1v) is 27.1. The normalized spacial score (nSPS) is 15.1. The van der Waals surface area contributed by atoms with Crippen LogP contribution in [-0.4, -0.2) is 271 Å². The molecule has 80 heavy (non-hydrogen) atoms. The molecule has 4 rings (SSSR count). The van der Waals surface area contributed by atoms with Crippen molar-refractivity contribution in [1.82, 2.24) is 29.9 Å². The van der Waals surface area contributed by atoms with Crippen LogP contribution in [0.3, 0.4) is 0 Å². The largest absolute Gasteiger partial charge is 0.394 e. The van der Waals surface area contributed by atoms with E-state index in [1.165, 1.54) is 24.3 Å². The maximum absolute atomic E-state index is 12.8. The summed E-state index contributed by atoms with van der Waals surface area (Å²) in [5.74, 6) is -1.19. The standard InChI is InChI=1S/C44H68N12O22S2/c57-9-13-77-17-15-75-11-7-45-39-51-41(47-21-29(61)35(65)37(67)31(63)23-59)55-43(53-39)49-27-5-3-25(33(19-27)79(69,70)71)1-2-26-4-6-28(20-34(26)80(72,73)74)50-44-54-40(46-8-12-76-16-18-78-14-10-58)52-42(56-44)48-22-30(62)36(66)38(68)32(64)24-60/h1-6,19-20,29-32,35-38,57-68H,7-18,21-24H2,(H,69,70,71)(H,72,73,74)(H3,45,47,49,51,53,55)(H3,46,48,50,52,54,56)/b2-1+. The number of nitrogens with zero attached hydrogens (tertiary/aromatic N) is 6. The van der Waals surface area contributed by atoms with Gasteiger partial charge in [-0.2, -0.15) is 46.7 Å². The van der Waals surface area contributed by atoms with E-state index in [1.54, 1.807) is 0 Å². The van der Waals surface area contributed by atoms with Gasteiger partial charge in [-0.25, -0.2) is 0 Å². The van der Waals surface area contributed by atoms with E-state index in [0.29, 0.717) is 0 Å². The van der Waals surface area contributed by atoms with E-state index in [9.17, 15) is 66.8 Å². The lowest BCUT2D eigenvalue weighted by Gasteiger charge is -2.25. The van der Waals surface area contributed by atoms with Crippen molar-refractivity contribution < 1.29 is 106 Å². The van der Waals surface area contributed by atoms with Crippen LogP contribution in [0.1, 0.15) is 11.1 Å². The molecule has 448 valence electrons. The van der Waals surface area contributed by atoms with Crippen molar-refractivity contribution >= 4 is 79.5 Å². The van der Waals surface area contributed by atoms with Gasteiger partial charge in [-0.05, 0) is 35.4 Å². The lowest BCUT2D eigenvalue weighted by atomic mass is 10.0. The van der Waals surface area contributed by atoms with Crippen LogP contribution in [0.25, 0.3) is 12.2 Å². The topological polar surface area (TPSA) is 538 Å². The molecule has 36 heteroatoms. The molecule has 0 aliphatic rings. The van der Waals surface area contributed by atoms with Crippen molar-refractivity contribution in [2.75, 3.05) is 137 Å². The van der Waals surface area contributed by atoms with E-state index in [4.69, 9.17) is 39.4 Å². The van der Waals surface area contributed by atoms with Crippen LogP contribution < -0.4 is 31.9 Å². The highest BCUT2D eigenvalue weighted by atomic mass is 32.2. The molecule has 8 unspecified atom stereocenters. The third-order valence-electron chi connectivity index (χ3n) is 10.7. The Morgan fingerprint density at radius 1 is 0.425 bits per heavy atom. The Bertz CT molecular complexity index is 2580. The molecule has 0 aliphatic heterocycles. The fourth-order valence-corrected chi connectivity index (χ4v) is 7.99. The van der Waals surface area contributed by atoms with Gasteiger partial charge in [0.15, 0.2) is 0 Å². The van der Waals surface area contributed by atoms with Gasteiger partial charge in [0.1, 0.15) is 46.4 Å². The highest BCUT2D eigenvalue weighted by Crippen LogP contribution is 2.28. The van der Waals surface area contributed by atoms with Gasteiger partial charge < -0.3 is 112 Å². The minimum absolute atomic E-state index is 0.0380. The van der Waals surface area contributed by atoms with Gasteiger partial charge in [-0.3, -0.25) is 9.11 Å². The van der Waals surface area contributed by atoms with Crippen molar-refractivity contribution in [2.45, 2.75) is 58.6 Å². The fourth-order valence-electron chi connectivity index (χ4n) is 6.57. The molecular formula is C44H68N12O22S2. The van der Waals surface area contributed by atoms with Crippen molar-refractivity contribution in [3.8, 4) is 0 Å². The van der Waals surface area contributed by atoms with Gasteiger partial charge in [-0.1, -0.05) is 24.3 Å². The summed E-state index contributed by atoms with van der Waals surface area (Å²) in [6, 6.07) is 7.05. The second-order valence-corrected chi connectivity index (χ2v) is 19.5. The van der Waals surface area contributed by atoms with Gasteiger partial charge in [0.05, 0.1) is 91.5 Å². The monoisotopic (exact) mass is 1180 g/mol. The van der Waals surface area contributed by atoms with Crippen LogP contribution in [0.5, 0.6) is 0 Å². The number of ether oxygens (including phenoxy) is 4. The van der Waals surface area contributed by atoms with Crippen LogP contribution >= 0.6 is 0 Å². The van der Waals surface area contributed by atoms with Gasteiger partial charge in [0.25, 0.3) is 20.2 Å². The number of hydrogen-bond acceptors (Lipinski definition) is 32. The Hall–Kier alpha value is -5.82. The van der Waals surface area contributed by atoms with Crippen molar-refractivity contribution in [2.24, 2.45) is 0 Å². The summed E-state index contributed by atoms with van der Waals surface area (Å²) in [7, 11) is -10.1. The number of rotatable bonds is 40. The Morgan fingerprint density at radius 3 is 1.06 bits per heavy atom. The second-order valence-electron chi connectivity index (χ2n) is 16.8. The molecule has 34 nitrogen and oxygen atoms in total. The highest BCUT2D eigenvalue weighted by molar-refractivity contribution is 7.86. The summed E-state index contributed by atoms with van der Waals surface area (Å²) in [6.45, 7) is -1.64. The summed E-state index contributed by atoms with van der Waals surface area (Å²) in [6.07, 6.45) is -12.5. The lowest BCUT2D eigenvalue weighted by Crippen LogP contribution is -2.48. The smallest absolute Gasteiger partial charge is 0.295 e. The summed E-state index contributed by atoms with van der Waals surface area (Å²) in [4.78, 5) is 23.8. The Kier molecular flexibility index (Phi) is 28.2. The van der Waals surface area contributed by atoms with Crippen molar-refractivity contribution in [3.63, 3.8) is 0 Å². The second kappa shape index (κ2) is 33.8. The number of anilines is 8. The molecule has 0 bridgehead atoms. The first-order valence-electron chi connectivity index (χ1n) is 24.2. The third kappa shape index (κ3) is 22.6. The molecule has 8 atom stereocenters. The van der Waals surface area contributed by atoms with Crippen LogP contribution in [0.4, 0.5) is 47.1 Å². The van der Waals surface area contributed by atoms with Crippen molar-refractivity contribution in [3.05, 3.63) is 47.5 Å². The van der Waals surface area contributed by atoms with Crippen LogP contribution in [-0.2, 0) is 39.2 Å². The summed E-state index contributed by atoms with van der Waals surface area (Å²) in [5.41, 5.74) is -0.452. The maximum Gasteiger partial charge on any atom is 0.295 e. The Balaban J connectivity index is 1.60. The number of aliphatic hydroxyl groups excluding tert-OH is 12. The van der Waals surface area contributed by atoms with Gasteiger partial charge in [-0.15, -0.1) is 0 Å². The molecule has 0 fully saturated rings. The summed E-state index contributed by atoms with van der Waals surface area (Å²) in [5, 5.41) is 133. The van der Waals surface area contributed by atoms with E-state index >= 15 is 0 Å². The summed E-state index contributed by atoms with van der Waals surface area (Å²) >= 11 is 0. The minimum Gasteiger partial charge on any atom is -0.394 e. The third-order valence-corrected chi connectivity index (χ3v) is 12.5. The van der Waals surface area contributed by atoms with E-state index < -0.39 is 105 Å². The van der Waals surface area contributed by atoms with E-state index in [2.05, 4.69) is 61.8 Å². The molecule has 4 aromatic rings. The van der Waals surface area contributed by atoms with Gasteiger partial charge >= 0.3 is 0 Å². The first-order chi connectivity index (χ1) is 38.1. The van der Waals surface area contributed by atoms with E-state index in [-0.39, 0.29) is 137 Å². The lowest BCUT2D eigenvalue weighted by molar-refractivity contribution is -0.111. The number of aromatic nitrogens is 6. The first kappa shape index (κ1) is 66.7. The molecular weight excluding hydrogens is 1110 g/mol. The molecule has 2 aromatic heterocycles. The van der Waals surface area contributed by atoms with Crippen LogP contribution in [0.2, 0.25) is 0 Å². The average Bonchev–Trinajstić information content (AvgIpc) is 3.44. The number of benzene rings is 2. The SMILES string of the molecule is O=S(=O)(O)c1cc(Nc2nc(NCCOCCOCCO)nc(NCC(O)C(O)C(O)C(O)CO)n2)ccc1/C=C/c1ccc(Nc2nc(NCCOCCOCCO)nc(NCC(O)C(O)C(O)C(O)CO)n2)cc1S(=O)(=O)O. The zero-order valence-electron chi connectivity index (χ0n) is 42.6. The quantitative estimate of drug-likeness (QED) is 0.0112. The van der Waals surface area contributed by atoms with E-state index in [1.807, 2.05) is 0 Å². The molecule has 20 N–H and O–H groups in total. The molecule has 0 saturated carbocycles. The Labute approximate surface area is 457 Å². The molecule has 0 radical (unpaired) electrons. The molecule has 0 amide bonds. The fraction of sp³-hybridized carbons (Fsp3) is 0.545. The molecule has 0 aliphatic carbocycles. The van der Waals surface area contributed by atoms with Crippen LogP contribution in [0.15, 0.2) is 46.2 Å². The molecule has 2 aromatic carbocycles. The number of nitrogens with one attached hydrogen (secondary N) is 6. The number of aliphatic hydroxyl groups is 12. The molecule has 0 spiro atoms. The predicted octanol–water partition coefficient (Wildman–Crippen LogP) is -5.22. The van der Waals surface area contributed by atoms with E-state index in [0.717, 1.165) is 24.3 Å². The highest BCUT2D eigenvalue weighted by Gasteiger charge is 2.31. The van der Waals surface area contributed by atoms with Crippen LogP contribution in [0, 0.1) is 0 Å². The Morgan fingerprint density at radius 2 is 0.738 bits per heavy atom. The minimum atomic E-state index is -5.05. The van der Waals surface area contributed by atoms with Gasteiger partial charge in [0, 0.05) is 37.6 Å². The summed E-state index contributed by atoms with van der Waals surface area (Å²) < 4.78 is 93.1. The molecule has 2 heterocycles. The van der Waals surface area contributed by atoms with Gasteiger partial charge in [0.2, 0.25) is 35.7 Å².